The van der Waals surface area contributed by atoms with E-state index in [0.717, 1.165) is 24.8 Å². The van der Waals surface area contributed by atoms with Gasteiger partial charge in [-0.05, 0) is 55.5 Å². The molecule has 0 bridgehead atoms. The lowest BCUT2D eigenvalue weighted by atomic mass is 9.92. The number of aryl methyl sites for hydroxylation is 2. The smallest absolute Gasteiger partial charge is 0.240 e. The first-order chi connectivity index (χ1) is 12.0. The highest BCUT2D eigenvalue weighted by Gasteiger charge is 2.27. The number of sulfonamides is 1. The van der Waals surface area contributed by atoms with E-state index >= 15 is 0 Å². The molecule has 1 atom stereocenters. The van der Waals surface area contributed by atoms with E-state index in [4.69, 9.17) is 0 Å². The number of para-hydroxylation sites is 1. The van der Waals surface area contributed by atoms with Gasteiger partial charge in [-0.1, -0.05) is 30.3 Å². The van der Waals surface area contributed by atoms with Gasteiger partial charge in [0, 0.05) is 29.7 Å². The lowest BCUT2D eigenvalue weighted by Crippen LogP contribution is -2.38. The Morgan fingerprint density at radius 1 is 1.12 bits per heavy atom. The minimum absolute atomic E-state index is 0.0659. The molecule has 4 nitrogen and oxygen atoms in total. The largest absolute Gasteiger partial charge is 0.347 e. The van der Waals surface area contributed by atoms with E-state index in [0.29, 0.717) is 4.90 Å². The molecule has 4 rings (SSSR count). The molecular weight excluding hydrogens is 332 g/mol. The van der Waals surface area contributed by atoms with Gasteiger partial charge in [0.1, 0.15) is 0 Å². The van der Waals surface area contributed by atoms with Crippen LogP contribution in [0.1, 0.15) is 23.2 Å². The number of fused-ring (bicyclic) bond motifs is 3. The SMILES string of the molecule is Cc1cccc(S(=O)(=O)NC2CCc3c(c4ccccc4n3C)C2)c1. The van der Waals surface area contributed by atoms with E-state index in [1.165, 1.54) is 22.2 Å². The second-order valence-electron chi connectivity index (χ2n) is 6.88. The summed E-state index contributed by atoms with van der Waals surface area (Å²) in [7, 11) is -1.39. The van der Waals surface area contributed by atoms with Crippen molar-refractivity contribution in [3.63, 3.8) is 0 Å². The van der Waals surface area contributed by atoms with Gasteiger partial charge in [0.25, 0.3) is 0 Å². The highest BCUT2D eigenvalue weighted by Crippen LogP contribution is 2.31. The lowest BCUT2D eigenvalue weighted by Gasteiger charge is -2.24. The first kappa shape index (κ1) is 16.4. The summed E-state index contributed by atoms with van der Waals surface area (Å²) in [5.41, 5.74) is 4.77. The highest BCUT2D eigenvalue weighted by atomic mass is 32.2. The van der Waals surface area contributed by atoms with Gasteiger partial charge in [-0.15, -0.1) is 0 Å². The van der Waals surface area contributed by atoms with Gasteiger partial charge < -0.3 is 4.57 Å². The van der Waals surface area contributed by atoms with E-state index < -0.39 is 10.0 Å². The van der Waals surface area contributed by atoms with Gasteiger partial charge in [0.2, 0.25) is 10.0 Å². The van der Waals surface area contributed by atoms with E-state index in [1.54, 1.807) is 18.2 Å². The van der Waals surface area contributed by atoms with Crippen molar-refractivity contribution in [1.29, 1.82) is 0 Å². The molecule has 0 amide bonds. The fourth-order valence-electron chi connectivity index (χ4n) is 3.90. The van der Waals surface area contributed by atoms with Crippen molar-refractivity contribution in [2.75, 3.05) is 0 Å². The van der Waals surface area contributed by atoms with Crippen LogP contribution in [0.2, 0.25) is 0 Å². The Bertz CT molecular complexity index is 1050. The van der Waals surface area contributed by atoms with E-state index in [9.17, 15) is 8.42 Å². The quantitative estimate of drug-likeness (QED) is 0.784. The Labute approximate surface area is 148 Å². The Morgan fingerprint density at radius 3 is 2.72 bits per heavy atom. The number of rotatable bonds is 3. The van der Waals surface area contributed by atoms with E-state index in [1.807, 2.05) is 25.1 Å². The van der Waals surface area contributed by atoms with E-state index in [-0.39, 0.29) is 6.04 Å². The van der Waals surface area contributed by atoms with E-state index in [2.05, 4.69) is 28.5 Å². The molecule has 2 aromatic carbocycles. The van der Waals surface area contributed by atoms with Crippen LogP contribution in [-0.4, -0.2) is 19.0 Å². The van der Waals surface area contributed by atoms with Crippen LogP contribution in [0.15, 0.2) is 53.4 Å². The Balaban J connectivity index is 1.64. The van der Waals surface area contributed by atoms with Crippen molar-refractivity contribution in [2.45, 2.75) is 37.1 Å². The maximum Gasteiger partial charge on any atom is 0.240 e. The predicted octanol–water partition coefficient (Wildman–Crippen LogP) is 3.32. The third-order valence-electron chi connectivity index (χ3n) is 5.15. The molecule has 0 fully saturated rings. The standard InChI is InChI=1S/C20H22N2O2S/c1-14-6-5-7-16(12-14)25(23,24)21-15-10-11-20-18(13-15)17-8-3-4-9-19(17)22(20)2/h3-9,12,15,21H,10-11,13H2,1-2H3. The molecule has 1 heterocycles. The average Bonchev–Trinajstić information content (AvgIpc) is 2.87. The summed E-state index contributed by atoms with van der Waals surface area (Å²) in [6.45, 7) is 1.90. The van der Waals surface area contributed by atoms with Crippen LogP contribution in [0.4, 0.5) is 0 Å². The fourth-order valence-corrected chi connectivity index (χ4v) is 5.28. The summed E-state index contributed by atoms with van der Waals surface area (Å²) in [6, 6.07) is 15.3. The number of hydrogen-bond acceptors (Lipinski definition) is 2. The minimum Gasteiger partial charge on any atom is -0.347 e. The van der Waals surface area contributed by atoms with Crippen LogP contribution < -0.4 is 4.72 Å². The molecular formula is C20H22N2O2S. The fraction of sp³-hybridized carbons (Fsp3) is 0.300. The van der Waals surface area contributed by atoms with Crippen molar-refractivity contribution in [1.82, 2.24) is 9.29 Å². The minimum atomic E-state index is -3.49. The molecule has 25 heavy (non-hydrogen) atoms. The molecule has 1 N–H and O–H groups in total. The van der Waals surface area contributed by atoms with Gasteiger partial charge in [-0.3, -0.25) is 0 Å². The summed E-state index contributed by atoms with van der Waals surface area (Å²) in [5.74, 6) is 0. The number of benzene rings is 2. The Kier molecular flexibility index (Phi) is 3.93. The van der Waals surface area contributed by atoms with Crippen molar-refractivity contribution < 1.29 is 8.42 Å². The molecule has 0 saturated carbocycles. The molecule has 1 aliphatic carbocycles. The molecule has 3 aromatic rings. The molecule has 0 spiro atoms. The molecule has 0 radical (unpaired) electrons. The summed E-state index contributed by atoms with van der Waals surface area (Å²) in [4.78, 5) is 0.344. The van der Waals surface area contributed by atoms with Gasteiger partial charge in [-0.25, -0.2) is 13.1 Å². The van der Waals surface area contributed by atoms with Crippen molar-refractivity contribution in [2.24, 2.45) is 7.05 Å². The Morgan fingerprint density at radius 2 is 1.92 bits per heavy atom. The first-order valence-corrected chi connectivity index (χ1v) is 10.1. The molecule has 1 aliphatic rings. The van der Waals surface area contributed by atoms with Gasteiger partial charge in [0.15, 0.2) is 0 Å². The van der Waals surface area contributed by atoms with Crippen molar-refractivity contribution >= 4 is 20.9 Å². The zero-order valence-electron chi connectivity index (χ0n) is 14.5. The molecule has 0 aliphatic heterocycles. The normalized spacial score (nSPS) is 17.6. The van der Waals surface area contributed by atoms with Gasteiger partial charge in [0.05, 0.1) is 4.90 Å². The third-order valence-corrected chi connectivity index (χ3v) is 6.66. The summed E-state index contributed by atoms with van der Waals surface area (Å²) >= 11 is 0. The van der Waals surface area contributed by atoms with Crippen LogP contribution in [0.3, 0.4) is 0 Å². The first-order valence-electron chi connectivity index (χ1n) is 8.60. The summed E-state index contributed by atoms with van der Waals surface area (Å²) in [6.07, 6.45) is 2.45. The lowest BCUT2D eigenvalue weighted by molar-refractivity contribution is 0.501. The predicted molar refractivity (Wildman–Crippen MR) is 100 cm³/mol. The maximum absolute atomic E-state index is 12.7. The van der Waals surface area contributed by atoms with Crippen LogP contribution in [0.5, 0.6) is 0 Å². The van der Waals surface area contributed by atoms with Gasteiger partial charge in [-0.2, -0.15) is 0 Å². The highest BCUT2D eigenvalue weighted by molar-refractivity contribution is 7.89. The van der Waals surface area contributed by atoms with Crippen molar-refractivity contribution in [3.8, 4) is 0 Å². The topological polar surface area (TPSA) is 51.1 Å². The number of nitrogens with one attached hydrogen (secondary N) is 1. The molecule has 0 saturated heterocycles. The molecule has 5 heteroatoms. The monoisotopic (exact) mass is 354 g/mol. The van der Waals surface area contributed by atoms with Crippen LogP contribution in [-0.2, 0) is 29.9 Å². The third kappa shape index (κ3) is 2.87. The number of hydrogen-bond donors (Lipinski definition) is 1. The second kappa shape index (κ2) is 6.00. The van der Waals surface area contributed by atoms with Crippen LogP contribution >= 0.6 is 0 Å². The average molecular weight is 354 g/mol. The van der Waals surface area contributed by atoms with Crippen molar-refractivity contribution in [3.05, 3.63) is 65.4 Å². The van der Waals surface area contributed by atoms with Gasteiger partial charge >= 0.3 is 0 Å². The van der Waals surface area contributed by atoms with Crippen LogP contribution in [0.25, 0.3) is 10.9 Å². The number of aromatic nitrogens is 1. The summed E-state index contributed by atoms with van der Waals surface area (Å²) < 4.78 is 30.6. The molecule has 1 aromatic heterocycles. The van der Waals surface area contributed by atoms with Crippen LogP contribution in [0, 0.1) is 6.92 Å². The molecule has 1 unspecified atom stereocenters. The zero-order valence-corrected chi connectivity index (χ0v) is 15.3. The summed E-state index contributed by atoms with van der Waals surface area (Å²) in [5, 5.41) is 1.24. The zero-order chi connectivity index (χ0) is 17.6. The number of nitrogens with zero attached hydrogens (tertiary/aromatic N) is 1. The molecule has 130 valence electrons. The Hall–Kier alpha value is -2.11. The second-order valence-corrected chi connectivity index (χ2v) is 8.59. The maximum atomic E-state index is 12.7.